The van der Waals surface area contributed by atoms with Crippen LogP contribution in [-0.4, -0.2) is 116 Å². The first-order valence-corrected chi connectivity index (χ1v) is 16.0. The summed E-state index contributed by atoms with van der Waals surface area (Å²) in [5.41, 5.74) is 0. The lowest BCUT2D eigenvalue weighted by Crippen LogP contribution is -2.63. The summed E-state index contributed by atoms with van der Waals surface area (Å²) in [7, 11) is 0. The van der Waals surface area contributed by atoms with Crippen molar-refractivity contribution in [2.75, 3.05) is 19.8 Å². The van der Waals surface area contributed by atoms with Gasteiger partial charge in [0.2, 0.25) is 5.79 Å². The molecule has 0 aromatic carbocycles. The van der Waals surface area contributed by atoms with Crippen molar-refractivity contribution in [3.63, 3.8) is 0 Å². The molecule has 12 nitrogen and oxygen atoms in total. The van der Waals surface area contributed by atoms with E-state index < -0.39 is 80.6 Å². The first-order valence-electron chi connectivity index (χ1n) is 16.0. The molecule has 2 aliphatic heterocycles. The van der Waals surface area contributed by atoms with Gasteiger partial charge in [-0.2, -0.15) is 0 Å². The van der Waals surface area contributed by atoms with E-state index in [9.17, 15) is 40.5 Å². The normalized spacial score (nSPS) is 33.2. The molecule has 2 saturated heterocycles. The lowest BCUT2D eigenvalue weighted by Gasteiger charge is -2.44. The van der Waals surface area contributed by atoms with Crippen molar-refractivity contribution in [3.05, 3.63) is 0 Å². The Balaban J connectivity index is 1.69. The zero-order valence-electron chi connectivity index (χ0n) is 25.2. The lowest BCUT2D eigenvalue weighted by molar-refractivity contribution is -0.383. The van der Waals surface area contributed by atoms with E-state index in [2.05, 4.69) is 6.92 Å². The summed E-state index contributed by atoms with van der Waals surface area (Å²) >= 11 is 0. The number of unbranched alkanes of at least 4 members (excludes halogenated alkanes) is 14. The van der Waals surface area contributed by atoms with Gasteiger partial charge in [-0.3, -0.25) is 4.79 Å². The molecule has 0 spiro atoms. The SMILES string of the molecule is CCCCCCCCCCCCCCCCCC(=O)O[C@@H]1[C@@H](O)[C@@H](O[C@]2(CO)O[C@H](CO)[C@@H](O)[C@@H]2O)O[C@H](CO)[C@H]1O. The molecule has 0 unspecified atom stereocenters. The highest BCUT2D eigenvalue weighted by atomic mass is 16.8. The second-order valence-corrected chi connectivity index (χ2v) is 11.7. The van der Waals surface area contributed by atoms with Crippen LogP contribution in [0.4, 0.5) is 0 Å². The van der Waals surface area contributed by atoms with Gasteiger partial charge >= 0.3 is 5.97 Å². The van der Waals surface area contributed by atoms with Crippen LogP contribution in [-0.2, 0) is 23.7 Å². The topological polar surface area (TPSA) is 196 Å². The number of aliphatic hydroxyl groups is 7. The van der Waals surface area contributed by atoms with Gasteiger partial charge in [0.1, 0.15) is 43.2 Å². The Bertz CT molecular complexity index is 726. The fourth-order valence-electron chi connectivity index (χ4n) is 5.61. The largest absolute Gasteiger partial charge is 0.456 e. The third-order valence-electron chi connectivity index (χ3n) is 8.30. The summed E-state index contributed by atoms with van der Waals surface area (Å²) in [6, 6.07) is 0. The molecule has 9 atom stereocenters. The standard InChI is InChI=1S/C30H56O12/c1-2-3-4-5-6-7-8-9-10-11-12-13-14-15-16-17-23(34)40-27-24(35)21(18-31)39-29(26(27)37)42-30(20-33)28(38)25(36)22(19-32)41-30/h21-22,24-29,31-33,35-38H,2-20H2,1H3/t21-,22-,24-,25-,26-,27+,28+,29-,30+/m1/s1. The van der Waals surface area contributed by atoms with Crippen molar-refractivity contribution >= 4 is 5.97 Å². The molecule has 0 amide bonds. The molecule has 42 heavy (non-hydrogen) atoms. The van der Waals surface area contributed by atoms with E-state index in [-0.39, 0.29) is 6.42 Å². The summed E-state index contributed by atoms with van der Waals surface area (Å²) in [5.74, 6) is -2.92. The highest BCUT2D eigenvalue weighted by Gasteiger charge is 2.58. The van der Waals surface area contributed by atoms with Gasteiger partial charge in [0, 0.05) is 6.42 Å². The van der Waals surface area contributed by atoms with Crippen molar-refractivity contribution in [1.29, 1.82) is 0 Å². The maximum Gasteiger partial charge on any atom is 0.306 e. The predicted molar refractivity (Wildman–Crippen MR) is 152 cm³/mol. The van der Waals surface area contributed by atoms with Crippen LogP contribution in [0.1, 0.15) is 110 Å². The number of hydrogen-bond donors (Lipinski definition) is 7. The Morgan fingerprint density at radius 2 is 1.19 bits per heavy atom. The number of aliphatic hydroxyl groups excluding tert-OH is 7. The Hall–Kier alpha value is -0.930. The number of carbonyl (C=O) groups is 1. The van der Waals surface area contributed by atoms with Gasteiger partial charge in [-0.15, -0.1) is 0 Å². The summed E-state index contributed by atoms with van der Waals surface area (Å²) in [6.07, 6.45) is 5.32. The van der Waals surface area contributed by atoms with Crippen molar-refractivity contribution in [3.8, 4) is 0 Å². The Kier molecular flexibility index (Phi) is 17.9. The Labute approximate surface area is 249 Å². The van der Waals surface area contributed by atoms with Crippen LogP contribution in [0.2, 0.25) is 0 Å². The second kappa shape index (κ2) is 20.2. The molecule has 12 heteroatoms. The highest BCUT2D eigenvalue weighted by Crippen LogP contribution is 2.36. The summed E-state index contributed by atoms with van der Waals surface area (Å²) < 4.78 is 21.6. The maximum absolute atomic E-state index is 12.5. The van der Waals surface area contributed by atoms with Crippen LogP contribution in [0, 0.1) is 0 Å². The zero-order chi connectivity index (χ0) is 31.0. The van der Waals surface area contributed by atoms with Gasteiger partial charge in [0.05, 0.1) is 13.2 Å². The van der Waals surface area contributed by atoms with Gasteiger partial charge in [-0.05, 0) is 6.42 Å². The molecule has 0 aromatic heterocycles. The quantitative estimate of drug-likeness (QED) is 0.0691. The van der Waals surface area contributed by atoms with E-state index in [0.29, 0.717) is 6.42 Å². The summed E-state index contributed by atoms with van der Waals surface area (Å²) in [6.45, 7) is -0.140. The molecular formula is C30H56O12. The molecule has 0 bridgehead atoms. The van der Waals surface area contributed by atoms with Gasteiger partial charge in [0.25, 0.3) is 0 Å². The zero-order valence-corrected chi connectivity index (χ0v) is 25.2. The van der Waals surface area contributed by atoms with Crippen LogP contribution in [0.25, 0.3) is 0 Å². The first kappa shape index (κ1) is 37.3. The van der Waals surface area contributed by atoms with E-state index in [0.717, 1.165) is 19.3 Å². The highest BCUT2D eigenvalue weighted by molar-refractivity contribution is 5.69. The molecule has 2 aliphatic rings. The number of carbonyl (C=O) groups excluding carboxylic acids is 1. The fourth-order valence-corrected chi connectivity index (χ4v) is 5.61. The molecule has 248 valence electrons. The molecule has 2 rings (SSSR count). The number of hydrogen-bond acceptors (Lipinski definition) is 12. The van der Waals surface area contributed by atoms with Crippen LogP contribution in [0.5, 0.6) is 0 Å². The van der Waals surface area contributed by atoms with E-state index in [1.807, 2.05) is 0 Å². The van der Waals surface area contributed by atoms with Crippen molar-refractivity contribution in [2.24, 2.45) is 0 Å². The number of rotatable bonds is 22. The molecule has 7 N–H and O–H groups in total. The van der Waals surface area contributed by atoms with Crippen LogP contribution in [0.3, 0.4) is 0 Å². The lowest BCUT2D eigenvalue weighted by atomic mass is 9.98. The van der Waals surface area contributed by atoms with E-state index >= 15 is 0 Å². The van der Waals surface area contributed by atoms with Crippen molar-refractivity contribution < 1.29 is 59.5 Å². The van der Waals surface area contributed by atoms with E-state index in [1.165, 1.54) is 70.6 Å². The third kappa shape index (κ3) is 11.2. The number of esters is 1. The summed E-state index contributed by atoms with van der Waals surface area (Å²) in [5, 5.41) is 70.7. The van der Waals surface area contributed by atoms with Gasteiger partial charge in [-0.25, -0.2) is 0 Å². The fraction of sp³-hybridized carbons (Fsp3) is 0.967. The molecule has 2 fully saturated rings. The van der Waals surface area contributed by atoms with Gasteiger partial charge in [0.15, 0.2) is 12.4 Å². The van der Waals surface area contributed by atoms with Crippen LogP contribution in [0.15, 0.2) is 0 Å². The average Bonchev–Trinajstić information content (AvgIpc) is 3.23. The third-order valence-corrected chi connectivity index (χ3v) is 8.30. The van der Waals surface area contributed by atoms with E-state index in [1.54, 1.807) is 0 Å². The van der Waals surface area contributed by atoms with Crippen LogP contribution >= 0.6 is 0 Å². The minimum Gasteiger partial charge on any atom is -0.456 e. The predicted octanol–water partition coefficient (Wildman–Crippen LogP) is 1.42. The van der Waals surface area contributed by atoms with Crippen molar-refractivity contribution in [1.82, 2.24) is 0 Å². The van der Waals surface area contributed by atoms with Crippen molar-refractivity contribution in [2.45, 2.75) is 164 Å². The van der Waals surface area contributed by atoms with Gasteiger partial charge < -0.3 is 54.7 Å². The molecule has 2 heterocycles. The number of ether oxygens (including phenoxy) is 4. The molecule has 0 aromatic rings. The Morgan fingerprint density at radius 1 is 0.690 bits per heavy atom. The molecule has 0 aliphatic carbocycles. The molecular weight excluding hydrogens is 552 g/mol. The minimum absolute atomic E-state index is 0.0805. The smallest absolute Gasteiger partial charge is 0.306 e. The minimum atomic E-state index is -2.27. The Morgan fingerprint density at radius 3 is 1.64 bits per heavy atom. The monoisotopic (exact) mass is 608 g/mol. The van der Waals surface area contributed by atoms with Crippen LogP contribution < -0.4 is 0 Å². The maximum atomic E-state index is 12.5. The summed E-state index contributed by atoms with van der Waals surface area (Å²) in [4.78, 5) is 12.5. The van der Waals surface area contributed by atoms with Gasteiger partial charge in [-0.1, -0.05) is 96.8 Å². The average molecular weight is 609 g/mol. The molecule has 0 saturated carbocycles. The van der Waals surface area contributed by atoms with E-state index in [4.69, 9.17) is 18.9 Å². The molecule has 0 radical (unpaired) electrons. The second-order valence-electron chi connectivity index (χ2n) is 11.7. The first-order chi connectivity index (χ1) is 20.2.